The number of rotatable bonds is 3. The van der Waals surface area contributed by atoms with Crippen LogP contribution in [0.25, 0.3) is 0 Å². The Hall–Kier alpha value is -1.63. The summed E-state index contributed by atoms with van der Waals surface area (Å²) < 4.78 is 28.4. The lowest BCUT2D eigenvalue weighted by molar-refractivity contribution is -0.0498. The third kappa shape index (κ3) is 2.17. The van der Waals surface area contributed by atoms with E-state index >= 15 is 0 Å². The summed E-state index contributed by atoms with van der Waals surface area (Å²) in [7, 11) is 0. The second-order valence-electron chi connectivity index (χ2n) is 4.78. The molecule has 0 aliphatic heterocycles. The number of benzene rings is 1. The van der Waals surface area contributed by atoms with E-state index in [-0.39, 0.29) is 5.75 Å². The smallest absolute Gasteiger partial charge is 0.387 e. The van der Waals surface area contributed by atoms with Crippen LogP contribution in [-0.4, -0.2) is 6.61 Å². The maximum Gasteiger partial charge on any atom is 0.387 e. The molecule has 2 atom stereocenters. The molecule has 2 rings (SSSR count). The first-order chi connectivity index (χ1) is 8.58. The first-order valence-corrected chi connectivity index (χ1v) is 6.05. The molecule has 0 aromatic heterocycles. The second kappa shape index (κ2) is 4.93. The molecule has 0 N–H and O–H groups in total. The average Bonchev–Trinajstić information content (AvgIpc) is 2.72. The van der Waals surface area contributed by atoms with Crippen molar-refractivity contribution in [3.05, 3.63) is 29.8 Å². The molecular formula is C14H15F2NO. The van der Waals surface area contributed by atoms with Crippen LogP contribution in [0.3, 0.4) is 0 Å². The summed E-state index contributed by atoms with van der Waals surface area (Å²) in [6.45, 7) is -0.744. The average molecular weight is 251 g/mol. The highest BCUT2D eigenvalue weighted by Crippen LogP contribution is 2.45. The minimum atomic E-state index is -2.81. The fourth-order valence-corrected chi connectivity index (χ4v) is 2.77. The summed E-state index contributed by atoms with van der Waals surface area (Å²) in [6, 6.07) is 8.88. The minimum Gasteiger partial charge on any atom is -0.435 e. The molecule has 1 saturated carbocycles. The van der Waals surface area contributed by atoms with Gasteiger partial charge in [0.2, 0.25) is 0 Å². The Balaban J connectivity index is 2.26. The number of halogens is 2. The predicted octanol–water partition coefficient (Wildman–Crippen LogP) is 3.87. The zero-order valence-corrected chi connectivity index (χ0v) is 10.2. The third-order valence-electron chi connectivity index (χ3n) is 3.84. The molecule has 4 heteroatoms. The minimum absolute atomic E-state index is 0.132. The summed E-state index contributed by atoms with van der Waals surface area (Å²) in [4.78, 5) is 0. The standard InChI is InChI=1S/C14H15F2NO/c1-10-3-2-8-14(10,9-17)11-4-6-12(7-5-11)18-13(15)16/h4-7,10,13H,2-3,8H2,1H3. The number of ether oxygens (including phenoxy) is 1. The van der Waals surface area contributed by atoms with E-state index in [1.807, 2.05) is 0 Å². The van der Waals surface area contributed by atoms with E-state index in [2.05, 4.69) is 17.7 Å². The van der Waals surface area contributed by atoms with Gasteiger partial charge < -0.3 is 4.74 Å². The molecule has 96 valence electrons. The molecule has 18 heavy (non-hydrogen) atoms. The largest absolute Gasteiger partial charge is 0.435 e. The Morgan fingerprint density at radius 2 is 2.06 bits per heavy atom. The van der Waals surface area contributed by atoms with Crippen molar-refractivity contribution in [1.82, 2.24) is 0 Å². The maximum absolute atomic E-state index is 12.1. The van der Waals surface area contributed by atoms with Crippen molar-refractivity contribution in [3.63, 3.8) is 0 Å². The van der Waals surface area contributed by atoms with Crippen LogP contribution in [0, 0.1) is 17.2 Å². The number of nitriles is 1. The quantitative estimate of drug-likeness (QED) is 0.817. The summed E-state index contributed by atoms with van der Waals surface area (Å²) in [6.07, 6.45) is 2.90. The van der Waals surface area contributed by atoms with Gasteiger partial charge in [-0.2, -0.15) is 14.0 Å². The van der Waals surface area contributed by atoms with Gasteiger partial charge in [0, 0.05) is 0 Å². The Morgan fingerprint density at radius 1 is 1.39 bits per heavy atom. The monoisotopic (exact) mass is 251 g/mol. The fourth-order valence-electron chi connectivity index (χ4n) is 2.77. The normalized spacial score (nSPS) is 27.2. The van der Waals surface area contributed by atoms with Crippen LogP contribution in [0.1, 0.15) is 31.7 Å². The Kier molecular flexibility index (Phi) is 3.51. The van der Waals surface area contributed by atoms with E-state index in [1.165, 1.54) is 12.1 Å². The van der Waals surface area contributed by atoms with Gasteiger partial charge in [-0.25, -0.2) is 0 Å². The van der Waals surface area contributed by atoms with Crippen molar-refractivity contribution in [2.75, 3.05) is 0 Å². The molecule has 2 unspecified atom stereocenters. The summed E-state index contributed by atoms with van der Waals surface area (Å²) >= 11 is 0. The number of hydrogen-bond acceptors (Lipinski definition) is 2. The topological polar surface area (TPSA) is 33.0 Å². The van der Waals surface area contributed by atoms with Crippen LogP contribution < -0.4 is 4.74 Å². The SMILES string of the molecule is CC1CCCC1(C#N)c1ccc(OC(F)F)cc1. The predicted molar refractivity (Wildman–Crippen MR) is 63.4 cm³/mol. The molecule has 1 aliphatic rings. The van der Waals surface area contributed by atoms with Crippen molar-refractivity contribution in [2.24, 2.45) is 5.92 Å². The third-order valence-corrected chi connectivity index (χ3v) is 3.84. The zero-order valence-electron chi connectivity index (χ0n) is 10.2. The second-order valence-corrected chi connectivity index (χ2v) is 4.78. The van der Waals surface area contributed by atoms with E-state index in [0.717, 1.165) is 24.8 Å². The maximum atomic E-state index is 12.1. The highest BCUT2D eigenvalue weighted by Gasteiger charge is 2.42. The molecule has 0 bridgehead atoms. The fraction of sp³-hybridized carbons (Fsp3) is 0.500. The summed E-state index contributed by atoms with van der Waals surface area (Å²) in [5.74, 6) is 0.428. The lowest BCUT2D eigenvalue weighted by atomic mass is 9.74. The van der Waals surface area contributed by atoms with E-state index in [0.29, 0.717) is 5.92 Å². The lowest BCUT2D eigenvalue weighted by Gasteiger charge is -2.26. The van der Waals surface area contributed by atoms with Gasteiger partial charge >= 0.3 is 6.61 Å². The van der Waals surface area contributed by atoms with Gasteiger partial charge in [-0.05, 0) is 36.5 Å². The van der Waals surface area contributed by atoms with E-state index in [4.69, 9.17) is 0 Å². The van der Waals surface area contributed by atoms with Crippen molar-refractivity contribution in [2.45, 2.75) is 38.2 Å². The van der Waals surface area contributed by atoms with E-state index in [1.54, 1.807) is 12.1 Å². The van der Waals surface area contributed by atoms with Crippen LogP contribution in [0.15, 0.2) is 24.3 Å². The van der Waals surface area contributed by atoms with Crippen molar-refractivity contribution >= 4 is 0 Å². The van der Waals surface area contributed by atoms with Gasteiger partial charge in [-0.1, -0.05) is 25.5 Å². The molecule has 2 nitrogen and oxygen atoms in total. The van der Waals surface area contributed by atoms with Gasteiger partial charge in [0.25, 0.3) is 0 Å². The molecule has 1 aromatic rings. The Labute approximate surface area is 105 Å². The van der Waals surface area contributed by atoms with Crippen LogP contribution >= 0.6 is 0 Å². The van der Waals surface area contributed by atoms with Gasteiger partial charge in [-0.15, -0.1) is 0 Å². The van der Waals surface area contributed by atoms with Crippen molar-refractivity contribution in [1.29, 1.82) is 5.26 Å². The molecule has 1 aromatic carbocycles. The van der Waals surface area contributed by atoms with Crippen molar-refractivity contribution in [3.8, 4) is 11.8 Å². The van der Waals surface area contributed by atoms with Gasteiger partial charge in [-0.3, -0.25) is 0 Å². The molecular weight excluding hydrogens is 236 g/mol. The summed E-state index contributed by atoms with van der Waals surface area (Å²) in [5.41, 5.74) is 0.431. The number of alkyl halides is 2. The molecule has 0 heterocycles. The Bertz CT molecular complexity index is 452. The lowest BCUT2D eigenvalue weighted by Crippen LogP contribution is -2.26. The van der Waals surface area contributed by atoms with Gasteiger partial charge in [0.05, 0.1) is 11.5 Å². The molecule has 0 spiro atoms. The summed E-state index contributed by atoms with van der Waals surface area (Å²) in [5, 5.41) is 9.45. The van der Waals surface area contributed by atoms with Crippen LogP contribution in [0.4, 0.5) is 8.78 Å². The van der Waals surface area contributed by atoms with E-state index in [9.17, 15) is 14.0 Å². The Morgan fingerprint density at radius 3 is 2.50 bits per heavy atom. The zero-order chi connectivity index (χ0) is 13.2. The number of nitrogens with zero attached hydrogens (tertiary/aromatic N) is 1. The van der Waals surface area contributed by atoms with Gasteiger partial charge in [0.1, 0.15) is 5.75 Å². The number of hydrogen-bond donors (Lipinski definition) is 0. The molecule has 1 aliphatic carbocycles. The molecule has 0 amide bonds. The highest BCUT2D eigenvalue weighted by atomic mass is 19.3. The van der Waals surface area contributed by atoms with Crippen LogP contribution in [0.5, 0.6) is 5.75 Å². The molecule has 0 radical (unpaired) electrons. The first kappa shape index (κ1) is 12.8. The molecule has 0 saturated heterocycles. The van der Waals surface area contributed by atoms with Crippen LogP contribution in [-0.2, 0) is 5.41 Å². The van der Waals surface area contributed by atoms with Gasteiger partial charge in [0.15, 0.2) is 0 Å². The van der Waals surface area contributed by atoms with Crippen LogP contribution in [0.2, 0.25) is 0 Å². The van der Waals surface area contributed by atoms with Crippen molar-refractivity contribution < 1.29 is 13.5 Å². The van der Waals surface area contributed by atoms with E-state index < -0.39 is 12.0 Å². The highest BCUT2D eigenvalue weighted by molar-refractivity contribution is 5.38. The molecule has 1 fully saturated rings. The first-order valence-electron chi connectivity index (χ1n) is 6.05.